The van der Waals surface area contributed by atoms with E-state index in [4.69, 9.17) is 9.47 Å². The molecule has 6 nitrogen and oxygen atoms in total. The van der Waals surface area contributed by atoms with Gasteiger partial charge in [-0.05, 0) is 35.4 Å². The lowest BCUT2D eigenvalue weighted by Crippen LogP contribution is -2.18. The lowest BCUT2D eigenvalue weighted by atomic mass is 10.1. The molecule has 1 heterocycles. The van der Waals surface area contributed by atoms with E-state index >= 15 is 0 Å². The molecule has 1 aromatic heterocycles. The number of carbonyl (C=O) groups is 1. The molecule has 0 fully saturated rings. The van der Waals surface area contributed by atoms with Crippen molar-refractivity contribution >= 4 is 34.1 Å². The first-order valence-corrected chi connectivity index (χ1v) is 12.0. The van der Waals surface area contributed by atoms with Crippen LogP contribution in [0.4, 0.5) is 5.13 Å². The van der Waals surface area contributed by atoms with E-state index in [2.05, 4.69) is 15.5 Å². The summed E-state index contributed by atoms with van der Waals surface area (Å²) in [5.74, 6) is 1.20. The Morgan fingerprint density at radius 2 is 1.64 bits per heavy atom. The smallest absolute Gasteiger partial charge is 0.244 e. The topological polar surface area (TPSA) is 73.3 Å². The number of thioether (sulfide) groups is 1. The van der Waals surface area contributed by atoms with E-state index in [1.165, 1.54) is 23.1 Å². The summed E-state index contributed by atoms with van der Waals surface area (Å²) >= 11 is 2.87. The number of benzene rings is 3. The van der Waals surface area contributed by atoms with Crippen LogP contribution in [-0.2, 0) is 11.2 Å². The van der Waals surface area contributed by atoms with Gasteiger partial charge in [-0.25, -0.2) is 0 Å². The molecule has 4 rings (SSSR count). The monoisotopic (exact) mass is 477 g/mol. The Kier molecular flexibility index (Phi) is 7.59. The molecular weight excluding hydrogens is 454 g/mol. The van der Waals surface area contributed by atoms with Crippen LogP contribution in [0.1, 0.15) is 21.4 Å². The highest BCUT2D eigenvalue weighted by molar-refractivity contribution is 8.00. The molecule has 1 N–H and O–H groups in total. The van der Waals surface area contributed by atoms with Gasteiger partial charge in [0.25, 0.3) is 0 Å². The minimum Gasteiger partial charge on any atom is -0.493 e. The van der Waals surface area contributed by atoms with Crippen molar-refractivity contribution < 1.29 is 14.3 Å². The molecule has 0 aliphatic heterocycles. The Morgan fingerprint density at radius 3 is 2.33 bits per heavy atom. The van der Waals surface area contributed by atoms with E-state index in [1.807, 2.05) is 78.9 Å². The molecule has 1 atom stereocenters. The molecular formula is C25H23N3O3S2. The number of amides is 1. The molecule has 33 heavy (non-hydrogen) atoms. The molecule has 0 saturated carbocycles. The SMILES string of the molecule is COc1ccc(Cc2nnc(NC(=O)C(Sc3ccccc3)c3ccccc3)s2)cc1OC. The van der Waals surface area contributed by atoms with E-state index in [0.29, 0.717) is 23.1 Å². The maximum Gasteiger partial charge on any atom is 0.244 e. The van der Waals surface area contributed by atoms with Gasteiger partial charge < -0.3 is 9.47 Å². The highest BCUT2D eigenvalue weighted by Crippen LogP contribution is 2.36. The van der Waals surface area contributed by atoms with Crippen molar-refractivity contribution in [1.29, 1.82) is 0 Å². The van der Waals surface area contributed by atoms with Crippen LogP contribution < -0.4 is 14.8 Å². The third kappa shape index (κ3) is 5.91. The van der Waals surface area contributed by atoms with Crippen LogP contribution in [0, 0.1) is 0 Å². The Labute approximate surface area is 201 Å². The number of nitrogens with one attached hydrogen (secondary N) is 1. The van der Waals surface area contributed by atoms with Crippen molar-refractivity contribution in [2.75, 3.05) is 19.5 Å². The predicted molar refractivity (Wildman–Crippen MR) is 132 cm³/mol. The molecule has 1 unspecified atom stereocenters. The third-order valence-electron chi connectivity index (χ3n) is 4.84. The average Bonchev–Trinajstić information content (AvgIpc) is 3.30. The second-order valence-electron chi connectivity index (χ2n) is 7.08. The first-order chi connectivity index (χ1) is 16.2. The van der Waals surface area contributed by atoms with Crippen molar-refractivity contribution in [3.8, 4) is 11.5 Å². The van der Waals surface area contributed by atoms with Crippen molar-refractivity contribution in [3.63, 3.8) is 0 Å². The molecule has 0 aliphatic carbocycles. The largest absolute Gasteiger partial charge is 0.493 e. The zero-order valence-corrected chi connectivity index (χ0v) is 19.9. The molecule has 4 aromatic rings. The van der Waals surface area contributed by atoms with Crippen molar-refractivity contribution in [2.24, 2.45) is 0 Å². The molecule has 0 saturated heterocycles. The van der Waals surface area contributed by atoms with Crippen LogP contribution in [0.15, 0.2) is 83.8 Å². The van der Waals surface area contributed by atoms with Gasteiger partial charge in [0, 0.05) is 11.3 Å². The number of carbonyl (C=O) groups excluding carboxylic acids is 1. The van der Waals surface area contributed by atoms with Crippen LogP contribution in [0.25, 0.3) is 0 Å². The number of methoxy groups -OCH3 is 2. The highest BCUT2D eigenvalue weighted by Gasteiger charge is 2.23. The summed E-state index contributed by atoms with van der Waals surface area (Å²) in [5.41, 5.74) is 1.95. The van der Waals surface area contributed by atoms with Gasteiger partial charge in [-0.2, -0.15) is 0 Å². The first-order valence-electron chi connectivity index (χ1n) is 10.3. The third-order valence-corrected chi connectivity index (χ3v) is 6.94. The second-order valence-corrected chi connectivity index (χ2v) is 9.32. The zero-order chi connectivity index (χ0) is 23.0. The average molecular weight is 478 g/mol. The fourth-order valence-corrected chi connectivity index (χ4v) is 5.07. The van der Waals surface area contributed by atoms with Crippen molar-refractivity contribution in [2.45, 2.75) is 16.6 Å². The Hall–Kier alpha value is -3.36. The van der Waals surface area contributed by atoms with Crippen LogP contribution in [0.5, 0.6) is 11.5 Å². The predicted octanol–water partition coefficient (Wildman–Crippen LogP) is 5.62. The molecule has 0 spiro atoms. The van der Waals surface area contributed by atoms with Gasteiger partial charge in [-0.1, -0.05) is 65.9 Å². The standard InChI is InChI=1S/C25H23N3O3S2/c1-30-20-14-13-17(15-21(20)31-2)16-22-27-28-25(33-22)26-24(29)23(18-9-5-3-6-10-18)32-19-11-7-4-8-12-19/h3-15,23H,16H2,1-2H3,(H,26,28,29). The van der Waals surface area contributed by atoms with Gasteiger partial charge in [0.05, 0.1) is 14.2 Å². The quantitative estimate of drug-likeness (QED) is 0.316. The van der Waals surface area contributed by atoms with Gasteiger partial charge >= 0.3 is 0 Å². The Bertz CT molecular complexity index is 1200. The summed E-state index contributed by atoms with van der Waals surface area (Å²) < 4.78 is 10.7. The van der Waals surface area contributed by atoms with E-state index in [1.54, 1.807) is 14.2 Å². The molecule has 0 bridgehead atoms. The summed E-state index contributed by atoms with van der Waals surface area (Å²) in [7, 11) is 3.22. The Morgan fingerprint density at radius 1 is 0.939 bits per heavy atom. The maximum atomic E-state index is 13.2. The van der Waals surface area contributed by atoms with E-state index < -0.39 is 5.25 Å². The van der Waals surface area contributed by atoms with Crippen LogP contribution >= 0.6 is 23.1 Å². The fourth-order valence-electron chi connectivity index (χ4n) is 3.25. The van der Waals surface area contributed by atoms with E-state index in [-0.39, 0.29) is 5.91 Å². The molecule has 0 aliphatic rings. The number of hydrogen-bond acceptors (Lipinski definition) is 7. The minimum atomic E-state index is -0.410. The van der Waals surface area contributed by atoms with Gasteiger partial charge in [0.2, 0.25) is 11.0 Å². The summed E-state index contributed by atoms with van der Waals surface area (Å²) in [6.07, 6.45) is 0.578. The maximum absolute atomic E-state index is 13.2. The van der Waals surface area contributed by atoms with Crippen LogP contribution in [0.3, 0.4) is 0 Å². The number of rotatable bonds is 9. The van der Waals surface area contributed by atoms with E-state index in [9.17, 15) is 4.79 Å². The Balaban J connectivity index is 1.48. The van der Waals surface area contributed by atoms with Crippen molar-refractivity contribution in [1.82, 2.24) is 10.2 Å². The minimum absolute atomic E-state index is 0.135. The molecule has 3 aromatic carbocycles. The zero-order valence-electron chi connectivity index (χ0n) is 18.2. The summed E-state index contributed by atoms with van der Waals surface area (Å²) in [6.45, 7) is 0. The van der Waals surface area contributed by atoms with Gasteiger partial charge in [0.1, 0.15) is 10.3 Å². The number of nitrogens with zero attached hydrogens (tertiary/aromatic N) is 2. The lowest BCUT2D eigenvalue weighted by molar-refractivity contribution is -0.115. The number of ether oxygens (including phenoxy) is 2. The highest BCUT2D eigenvalue weighted by atomic mass is 32.2. The molecule has 0 radical (unpaired) electrons. The normalized spacial score (nSPS) is 11.6. The number of aromatic nitrogens is 2. The van der Waals surface area contributed by atoms with E-state index in [0.717, 1.165) is 21.0 Å². The second kappa shape index (κ2) is 11.0. The molecule has 168 valence electrons. The number of hydrogen-bond donors (Lipinski definition) is 1. The summed E-state index contributed by atoms with van der Waals surface area (Å²) in [4.78, 5) is 14.2. The van der Waals surface area contributed by atoms with Gasteiger partial charge in [-0.3, -0.25) is 10.1 Å². The van der Waals surface area contributed by atoms with Crippen LogP contribution in [-0.4, -0.2) is 30.3 Å². The number of anilines is 1. The van der Waals surface area contributed by atoms with Gasteiger partial charge in [0.15, 0.2) is 11.5 Å². The fraction of sp³-hybridized carbons (Fsp3) is 0.160. The van der Waals surface area contributed by atoms with Gasteiger partial charge in [-0.15, -0.1) is 22.0 Å². The van der Waals surface area contributed by atoms with Crippen LogP contribution in [0.2, 0.25) is 0 Å². The summed E-state index contributed by atoms with van der Waals surface area (Å²) in [6, 6.07) is 25.4. The lowest BCUT2D eigenvalue weighted by Gasteiger charge is -2.16. The summed E-state index contributed by atoms with van der Waals surface area (Å²) in [5, 5.41) is 12.2. The molecule has 1 amide bonds. The first kappa shape index (κ1) is 22.8. The van der Waals surface area contributed by atoms with Crippen molar-refractivity contribution in [3.05, 3.63) is 95.0 Å². The molecule has 8 heteroatoms.